The highest BCUT2D eigenvalue weighted by molar-refractivity contribution is 7.86. The molecule has 0 aliphatic rings. The largest absolute Gasteiger partial charge is 0.741 e. The zero-order valence-corrected chi connectivity index (χ0v) is 13.6. The van der Waals surface area contributed by atoms with Gasteiger partial charge in [-0.3, -0.25) is 0 Å². The van der Waals surface area contributed by atoms with Gasteiger partial charge in [0.25, 0.3) is 21.2 Å². The van der Waals surface area contributed by atoms with Gasteiger partial charge in [-0.15, -0.1) is 0 Å². The van der Waals surface area contributed by atoms with E-state index in [0.29, 0.717) is 28.0 Å². The molecule has 0 saturated heterocycles. The van der Waals surface area contributed by atoms with Crippen LogP contribution in [0.25, 0.3) is 0 Å². The molecule has 17 heavy (non-hydrogen) atoms. The van der Waals surface area contributed by atoms with Crippen molar-refractivity contribution < 1.29 is 47.3 Å². The molecule has 0 aromatic carbocycles. The normalized spacial score (nSPS) is 14.0. The minimum Gasteiger partial charge on any atom is -0.741 e. The van der Waals surface area contributed by atoms with Crippen molar-refractivity contribution in [2.24, 2.45) is 0 Å². The van der Waals surface area contributed by atoms with Crippen LogP contribution in [0.4, 0.5) is 13.2 Å². The molecule has 3 nitrogen and oxygen atoms in total. The number of alkyl halides is 5. The summed E-state index contributed by atoms with van der Waals surface area (Å²) in [5, 5.41) is 0. The SMILES string of the molecule is CC(C)(C)[I+]C(C)(C)C.O=S(=O)([O-])C(F)(F)F. The maximum atomic E-state index is 10.7. The Kier molecular flexibility index (Phi) is 7.03. The Morgan fingerprint density at radius 2 is 1.06 bits per heavy atom. The summed E-state index contributed by atoms with van der Waals surface area (Å²) in [6, 6.07) is 0. The van der Waals surface area contributed by atoms with Crippen LogP contribution in [0.3, 0.4) is 0 Å². The van der Waals surface area contributed by atoms with Gasteiger partial charge >= 0.3 is 5.51 Å². The molecule has 0 rings (SSSR count). The molecule has 0 aromatic heterocycles. The molecule has 0 saturated carbocycles. The van der Waals surface area contributed by atoms with Crippen molar-refractivity contribution in [1.29, 1.82) is 0 Å². The van der Waals surface area contributed by atoms with E-state index in [-0.39, 0.29) is 0 Å². The first-order chi connectivity index (χ1) is 6.96. The maximum Gasteiger partial charge on any atom is 0.485 e. The second kappa shape index (κ2) is 6.05. The molecule has 0 aliphatic heterocycles. The van der Waals surface area contributed by atoms with Crippen molar-refractivity contribution >= 4 is 10.1 Å². The summed E-state index contributed by atoms with van der Waals surface area (Å²) < 4.78 is 60.1. The van der Waals surface area contributed by atoms with Gasteiger partial charge in [0, 0.05) is 0 Å². The predicted molar refractivity (Wildman–Crippen MR) is 55.3 cm³/mol. The van der Waals surface area contributed by atoms with Crippen LogP contribution in [0.5, 0.6) is 0 Å². The second-order valence-corrected chi connectivity index (χ2v) is 13.5. The van der Waals surface area contributed by atoms with E-state index in [1.54, 1.807) is 0 Å². The van der Waals surface area contributed by atoms with Crippen molar-refractivity contribution in [1.82, 2.24) is 0 Å². The van der Waals surface area contributed by atoms with Crippen LogP contribution in [0.2, 0.25) is 0 Å². The average Bonchev–Trinajstić information content (AvgIpc) is 1.71. The second-order valence-electron chi connectivity index (χ2n) is 5.13. The molecule has 0 aromatic rings. The molecule has 0 atom stereocenters. The van der Waals surface area contributed by atoms with Crippen molar-refractivity contribution in [3.05, 3.63) is 0 Å². The number of halogens is 4. The van der Waals surface area contributed by atoms with Crippen molar-refractivity contribution in [3.63, 3.8) is 0 Å². The monoisotopic (exact) mass is 390 g/mol. The molecule has 0 radical (unpaired) electrons. The Bertz CT molecular complexity index is 311. The number of hydrogen-bond acceptors (Lipinski definition) is 3. The van der Waals surface area contributed by atoms with Gasteiger partial charge in [0.1, 0.15) is 0 Å². The number of rotatable bonds is 0. The third-order valence-corrected chi connectivity index (χ3v) is 4.65. The van der Waals surface area contributed by atoms with E-state index >= 15 is 0 Å². The number of hydrogen-bond donors (Lipinski definition) is 0. The van der Waals surface area contributed by atoms with E-state index in [1.807, 2.05) is 0 Å². The van der Waals surface area contributed by atoms with E-state index in [0.717, 1.165) is 0 Å². The molecule has 0 heterocycles. The molecule has 0 unspecified atom stereocenters. The third-order valence-electron chi connectivity index (χ3n) is 0.850. The molecule has 0 N–H and O–H groups in total. The van der Waals surface area contributed by atoms with Gasteiger partial charge in [0.05, 0.1) is 0 Å². The lowest BCUT2D eigenvalue weighted by Crippen LogP contribution is -3.72. The fraction of sp³-hybridized carbons (Fsp3) is 1.00. The fourth-order valence-corrected chi connectivity index (χ4v) is 5.70. The lowest BCUT2D eigenvalue weighted by atomic mass is 10.3. The Morgan fingerprint density at radius 1 is 0.882 bits per heavy atom. The quantitative estimate of drug-likeness (QED) is 0.248. The van der Waals surface area contributed by atoms with Crippen LogP contribution in [-0.2, 0) is 10.1 Å². The van der Waals surface area contributed by atoms with E-state index in [1.165, 1.54) is 0 Å². The lowest BCUT2D eigenvalue weighted by molar-refractivity contribution is -0.772. The van der Waals surface area contributed by atoms with Gasteiger partial charge in [0.2, 0.25) is 0 Å². The zero-order valence-electron chi connectivity index (χ0n) is 10.6. The molecular formula is C9H18F3IO3S. The van der Waals surface area contributed by atoms with Gasteiger partial charge in [0.15, 0.2) is 17.0 Å². The standard InChI is InChI=1S/C8H18I.CHF3O3S/c1-7(2,3)9-8(4,5)6;2-1(3,4)8(5,6)7/h1-6H3;(H,5,6,7)/q+1;/p-1. The molecule has 8 heteroatoms. The summed E-state index contributed by atoms with van der Waals surface area (Å²) in [5.41, 5.74) is -5.65. The van der Waals surface area contributed by atoms with Crippen LogP contribution < -0.4 is 21.2 Å². The Labute approximate surface area is 111 Å². The summed E-state index contributed by atoms with van der Waals surface area (Å²) in [4.78, 5) is 0. The Morgan fingerprint density at radius 3 is 1.06 bits per heavy atom. The van der Waals surface area contributed by atoms with Crippen molar-refractivity contribution in [2.75, 3.05) is 0 Å². The summed E-state index contributed by atoms with van der Waals surface area (Å²) in [6.45, 7) is 14.0. The molecule has 0 amide bonds. The minimum atomic E-state index is -6.09. The topological polar surface area (TPSA) is 57.2 Å². The van der Waals surface area contributed by atoms with E-state index in [4.69, 9.17) is 13.0 Å². The molecular weight excluding hydrogens is 372 g/mol. The van der Waals surface area contributed by atoms with Gasteiger partial charge in [-0.05, 0) is 41.5 Å². The van der Waals surface area contributed by atoms with E-state index in [9.17, 15) is 13.2 Å². The van der Waals surface area contributed by atoms with Crippen molar-refractivity contribution in [3.8, 4) is 0 Å². The lowest BCUT2D eigenvalue weighted by Gasteiger charge is -2.11. The first-order valence-corrected chi connectivity index (χ1v) is 8.21. The molecule has 0 spiro atoms. The molecule has 0 fully saturated rings. The molecule has 106 valence electrons. The Hall–Kier alpha value is 0.430. The van der Waals surface area contributed by atoms with Crippen LogP contribution in [-0.4, -0.2) is 25.3 Å². The maximum absolute atomic E-state index is 10.7. The Balaban J connectivity index is 0. The average molecular weight is 390 g/mol. The van der Waals surface area contributed by atoms with Crippen LogP contribution in [0.15, 0.2) is 0 Å². The first kappa shape index (κ1) is 19.8. The zero-order chi connectivity index (χ0) is 14.7. The van der Waals surface area contributed by atoms with Gasteiger partial charge in [-0.1, -0.05) is 0 Å². The highest BCUT2D eigenvalue weighted by atomic mass is 127. The smallest absolute Gasteiger partial charge is 0.485 e. The van der Waals surface area contributed by atoms with Gasteiger partial charge in [-0.25, -0.2) is 8.42 Å². The minimum absolute atomic E-state index is 0.338. The van der Waals surface area contributed by atoms with Gasteiger partial charge in [-0.2, -0.15) is 13.2 Å². The van der Waals surface area contributed by atoms with Crippen LogP contribution in [0.1, 0.15) is 41.5 Å². The fourth-order valence-electron chi connectivity index (χ4n) is 0.850. The van der Waals surface area contributed by atoms with Crippen LogP contribution >= 0.6 is 0 Å². The van der Waals surface area contributed by atoms with E-state index in [2.05, 4.69) is 41.5 Å². The summed E-state index contributed by atoms with van der Waals surface area (Å²) in [6.07, 6.45) is 0. The van der Waals surface area contributed by atoms with E-state index < -0.39 is 15.6 Å². The summed E-state index contributed by atoms with van der Waals surface area (Å²) in [7, 11) is -6.09. The highest BCUT2D eigenvalue weighted by Gasteiger charge is 2.38. The van der Waals surface area contributed by atoms with Crippen molar-refractivity contribution in [2.45, 2.75) is 53.9 Å². The predicted octanol–water partition coefficient (Wildman–Crippen LogP) is -0.276. The highest BCUT2D eigenvalue weighted by Crippen LogP contribution is 2.20. The summed E-state index contributed by atoms with van der Waals surface area (Å²) in [5.74, 6) is 0. The summed E-state index contributed by atoms with van der Waals surface area (Å²) >= 11 is 0.338. The third kappa shape index (κ3) is 14.4. The van der Waals surface area contributed by atoms with Crippen LogP contribution in [0, 0.1) is 0 Å². The molecule has 0 bridgehead atoms. The molecule has 0 aliphatic carbocycles. The van der Waals surface area contributed by atoms with Gasteiger partial charge < -0.3 is 4.55 Å². The first-order valence-electron chi connectivity index (χ1n) is 4.65.